The summed E-state index contributed by atoms with van der Waals surface area (Å²) >= 11 is 1.33. The van der Waals surface area contributed by atoms with E-state index in [1.54, 1.807) is 18.6 Å². The van der Waals surface area contributed by atoms with Gasteiger partial charge in [0.2, 0.25) is 5.13 Å². The smallest absolute Gasteiger partial charge is 0.203 e. The second-order valence-corrected chi connectivity index (χ2v) is 5.14. The molecular weight excluding hydrogens is 222 g/mol. The minimum absolute atomic E-state index is 0.0147. The SMILES string of the molecule is CC(C)(C)Nc1nc(-c2cnccn2)ns1. The van der Waals surface area contributed by atoms with Gasteiger partial charge in [0.15, 0.2) is 5.82 Å². The predicted molar refractivity (Wildman–Crippen MR) is 64.3 cm³/mol. The molecule has 0 atom stereocenters. The molecule has 0 aliphatic carbocycles. The molecule has 0 bridgehead atoms. The van der Waals surface area contributed by atoms with Gasteiger partial charge in [-0.25, -0.2) is 4.98 Å². The third-order valence-corrected chi connectivity index (χ3v) is 2.33. The normalized spacial score (nSPS) is 11.4. The summed E-state index contributed by atoms with van der Waals surface area (Å²) in [5.74, 6) is 0.616. The first-order chi connectivity index (χ1) is 7.54. The Morgan fingerprint density at radius 3 is 2.69 bits per heavy atom. The van der Waals surface area contributed by atoms with Crippen molar-refractivity contribution in [1.29, 1.82) is 0 Å². The Hall–Kier alpha value is -1.56. The van der Waals surface area contributed by atoms with Crippen LogP contribution in [0.5, 0.6) is 0 Å². The average Bonchev–Trinajstić information content (AvgIpc) is 2.65. The lowest BCUT2D eigenvalue weighted by molar-refractivity contribution is 0.633. The lowest BCUT2D eigenvalue weighted by Gasteiger charge is -2.18. The minimum atomic E-state index is -0.0147. The van der Waals surface area contributed by atoms with Crippen LogP contribution in [-0.2, 0) is 0 Å². The molecule has 5 nitrogen and oxygen atoms in total. The monoisotopic (exact) mass is 235 g/mol. The highest BCUT2D eigenvalue weighted by Crippen LogP contribution is 2.21. The number of rotatable bonds is 2. The van der Waals surface area contributed by atoms with Crippen LogP contribution in [0, 0.1) is 0 Å². The fourth-order valence-corrected chi connectivity index (χ4v) is 1.90. The Morgan fingerprint density at radius 2 is 2.06 bits per heavy atom. The molecule has 1 N–H and O–H groups in total. The number of hydrogen-bond acceptors (Lipinski definition) is 6. The molecule has 0 unspecified atom stereocenters. The van der Waals surface area contributed by atoms with Crippen molar-refractivity contribution in [3.8, 4) is 11.5 Å². The molecule has 0 radical (unpaired) electrons. The molecular formula is C10H13N5S. The molecule has 0 aromatic carbocycles. The molecule has 84 valence electrons. The Kier molecular flexibility index (Phi) is 2.82. The van der Waals surface area contributed by atoms with Crippen LogP contribution in [-0.4, -0.2) is 24.9 Å². The largest absolute Gasteiger partial charge is 0.356 e. The fourth-order valence-electron chi connectivity index (χ4n) is 1.11. The first-order valence-electron chi connectivity index (χ1n) is 4.93. The number of nitrogens with zero attached hydrogens (tertiary/aromatic N) is 4. The van der Waals surface area contributed by atoms with E-state index in [9.17, 15) is 0 Å². The molecule has 2 aromatic rings. The minimum Gasteiger partial charge on any atom is -0.356 e. The zero-order valence-electron chi connectivity index (χ0n) is 9.43. The van der Waals surface area contributed by atoms with Crippen LogP contribution in [0.1, 0.15) is 20.8 Å². The van der Waals surface area contributed by atoms with Gasteiger partial charge in [-0.2, -0.15) is 9.36 Å². The number of hydrogen-bond donors (Lipinski definition) is 1. The molecule has 0 saturated heterocycles. The van der Waals surface area contributed by atoms with Crippen molar-refractivity contribution in [2.45, 2.75) is 26.3 Å². The standard InChI is InChI=1S/C10H13N5S/c1-10(2,3)14-9-13-8(15-16-9)7-6-11-4-5-12-7/h4-6H,1-3H3,(H,13,14,15). The second-order valence-electron chi connectivity index (χ2n) is 4.39. The van der Waals surface area contributed by atoms with Crippen LogP contribution in [0.4, 0.5) is 5.13 Å². The topological polar surface area (TPSA) is 63.6 Å². The molecule has 0 amide bonds. The summed E-state index contributed by atoms with van der Waals surface area (Å²) in [5.41, 5.74) is 0.680. The van der Waals surface area contributed by atoms with Crippen LogP contribution < -0.4 is 5.32 Å². The summed E-state index contributed by atoms with van der Waals surface area (Å²) in [6, 6.07) is 0. The fraction of sp³-hybridized carbons (Fsp3) is 0.400. The zero-order chi connectivity index (χ0) is 11.6. The van der Waals surface area contributed by atoms with Crippen LogP contribution in [0.25, 0.3) is 11.5 Å². The summed E-state index contributed by atoms with van der Waals surface area (Å²) in [4.78, 5) is 12.5. The molecule has 0 aliphatic rings. The number of anilines is 1. The van der Waals surface area contributed by atoms with Crippen molar-refractivity contribution in [3.63, 3.8) is 0 Å². The highest BCUT2D eigenvalue weighted by molar-refractivity contribution is 7.09. The van der Waals surface area contributed by atoms with Crippen molar-refractivity contribution < 1.29 is 0 Å². The maximum atomic E-state index is 4.36. The van der Waals surface area contributed by atoms with E-state index in [0.29, 0.717) is 11.5 Å². The van der Waals surface area contributed by atoms with Gasteiger partial charge in [0, 0.05) is 29.5 Å². The van der Waals surface area contributed by atoms with Crippen molar-refractivity contribution in [2.75, 3.05) is 5.32 Å². The first kappa shape index (κ1) is 10.9. The van der Waals surface area contributed by atoms with Gasteiger partial charge < -0.3 is 5.32 Å². The lowest BCUT2D eigenvalue weighted by Crippen LogP contribution is -2.25. The van der Waals surface area contributed by atoms with E-state index in [1.807, 2.05) is 0 Å². The molecule has 16 heavy (non-hydrogen) atoms. The van der Waals surface area contributed by atoms with E-state index in [0.717, 1.165) is 5.13 Å². The third kappa shape index (κ3) is 2.73. The highest BCUT2D eigenvalue weighted by atomic mass is 32.1. The third-order valence-electron chi connectivity index (χ3n) is 1.70. The molecule has 2 aromatic heterocycles. The van der Waals surface area contributed by atoms with Gasteiger partial charge in [-0.1, -0.05) is 0 Å². The lowest BCUT2D eigenvalue weighted by atomic mass is 10.1. The maximum absolute atomic E-state index is 4.36. The first-order valence-corrected chi connectivity index (χ1v) is 5.70. The van der Waals surface area contributed by atoms with Crippen molar-refractivity contribution in [2.24, 2.45) is 0 Å². The van der Waals surface area contributed by atoms with E-state index in [4.69, 9.17) is 0 Å². The van der Waals surface area contributed by atoms with Crippen LogP contribution in [0.2, 0.25) is 0 Å². The Labute approximate surface area is 98.2 Å². The van der Waals surface area contributed by atoms with Gasteiger partial charge in [0.25, 0.3) is 0 Å². The van der Waals surface area contributed by atoms with Crippen molar-refractivity contribution >= 4 is 16.7 Å². The summed E-state index contributed by atoms with van der Waals surface area (Å²) in [6.07, 6.45) is 4.92. The van der Waals surface area contributed by atoms with Gasteiger partial charge in [-0.15, -0.1) is 0 Å². The van der Waals surface area contributed by atoms with Crippen molar-refractivity contribution in [3.05, 3.63) is 18.6 Å². The summed E-state index contributed by atoms with van der Waals surface area (Å²) in [7, 11) is 0. The van der Waals surface area contributed by atoms with E-state index in [1.165, 1.54) is 11.5 Å². The van der Waals surface area contributed by atoms with Gasteiger partial charge in [-0.3, -0.25) is 4.98 Å². The maximum Gasteiger partial charge on any atom is 0.203 e. The number of nitrogens with one attached hydrogen (secondary N) is 1. The van der Waals surface area contributed by atoms with Crippen LogP contribution >= 0.6 is 11.5 Å². The van der Waals surface area contributed by atoms with E-state index in [-0.39, 0.29) is 5.54 Å². The molecule has 2 rings (SSSR count). The van der Waals surface area contributed by atoms with E-state index < -0.39 is 0 Å². The van der Waals surface area contributed by atoms with Gasteiger partial charge in [-0.05, 0) is 20.8 Å². The van der Waals surface area contributed by atoms with Gasteiger partial charge in [0.1, 0.15) is 5.69 Å². The predicted octanol–water partition coefficient (Wildman–Crippen LogP) is 2.21. The Balaban J connectivity index is 2.21. The summed E-state index contributed by atoms with van der Waals surface area (Å²) in [5, 5.41) is 4.07. The van der Waals surface area contributed by atoms with Gasteiger partial charge in [0.05, 0.1) is 6.20 Å². The van der Waals surface area contributed by atoms with Crippen LogP contribution in [0.15, 0.2) is 18.6 Å². The van der Waals surface area contributed by atoms with E-state index >= 15 is 0 Å². The summed E-state index contributed by atoms with van der Waals surface area (Å²) in [6.45, 7) is 6.24. The Morgan fingerprint density at radius 1 is 1.25 bits per heavy atom. The summed E-state index contributed by atoms with van der Waals surface area (Å²) < 4.78 is 4.24. The second kappa shape index (κ2) is 4.13. The Bertz CT molecular complexity index is 460. The molecule has 2 heterocycles. The molecule has 0 saturated carbocycles. The number of aromatic nitrogens is 4. The van der Waals surface area contributed by atoms with Crippen molar-refractivity contribution in [1.82, 2.24) is 19.3 Å². The quantitative estimate of drug-likeness (QED) is 0.864. The zero-order valence-corrected chi connectivity index (χ0v) is 10.2. The van der Waals surface area contributed by atoms with E-state index in [2.05, 4.69) is 45.4 Å². The molecule has 6 heteroatoms. The molecule has 0 fully saturated rings. The average molecular weight is 235 g/mol. The van der Waals surface area contributed by atoms with Crippen LogP contribution in [0.3, 0.4) is 0 Å². The molecule has 0 aliphatic heterocycles. The molecule has 0 spiro atoms. The highest BCUT2D eigenvalue weighted by Gasteiger charge is 2.13. The van der Waals surface area contributed by atoms with Gasteiger partial charge >= 0.3 is 0 Å².